The quantitative estimate of drug-likeness (QED) is 0.496. The summed E-state index contributed by atoms with van der Waals surface area (Å²) < 4.78 is 0. The number of fused-ring (bicyclic) bond motifs is 1. The van der Waals surface area contributed by atoms with E-state index in [0.29, 0.717) is 29.0 Å². The number of nitrogens with one attached hydrogen (secondary N) is 4. The van der Waals surface area contributed by atoms with Crippen molar-refractivity contribution in [1.29, 1.82) is 0 Å². The Morgan fingerprint density at radius 3 is 2.80 bits per heavy atom. The number of hydrogen-bond acceptors (Lipinski definition) is 7. The van der Waals surface area contributed by atoms with Crippen molar-refractivity contribution < 1.29 is 4.79 Å². The first kappa shape index (κ1) is 20.1. The second kappa shape index (κ2) is 9.10. The third-order valence-corrected chi connectivity index (χ3v) is 4.99. The van der Waals surface area contributed by atoms with Gasteiger partial charge >= 0.3 is 6.03 Å². The van der Waals surface area contributed by atoms with E-state index in [1.54, 1.807) is 12.3 Å². The number of carbonyl (C=O) groups excluding carboxylic acids is 1. The normalized spacial score (nSPS) is 13.9. The van der Waals surface area contributed by atoms with Crippen LogP contribution in [-0.2, 0) is 0 Å². The van der Waals surface area contributed by atoms with E-state index in [2.05, 4.69) is 41.1 Å². The number of aromatic nitrogens is 3. The topological polar surface area (TPSA) is 107 Å². The number of piperazine rings is 1. The van der Waals surface area contributed by atoms with Gasteiger partial charge in [-0.05, 0) is 37.3 Å². The van der Waals surface area contributed by atoms with Crippen molar-refractivity contribution in [3.05, 3.63) is 41.6 Å². The van der Waals surface area contributed by atoms with E-state index < -0.39 is 0 Å². The Bertz CT molecular complexity index is 1050. The third kappa shape index (κ3) is 4.69. The second-order valence-corrected chi connectivity index (χ2v) is 7.22. The summed E-state index contributed by atoms with van der Waals surface area (Å²) in [4.78, 5) is 27.2. The van der Waals surface area contributed by atoms with Crippen molar-refractivity contribution >= 4 is 51.8 Å². The van der Waals surface area contributed by atoms with E-state index >= 15 is 0 Å². The fourth-order valence-corrected chi connectivity index (χ4v) is 3.54. The molecule has 4 rings (SSSR count). The van der Waals surface area contributed by atoms with Crippen molar-refractivity contribution in [3.8, 4) is 0 Å². The molecule has 1 fully saturated rings. The average Bonchev–Trinajstić information content (AvgIpc) is 2.74. The van der Waals surface area contributed by atoms with Gasteiger partial charge in [0.2, 0.25) is 5.95 Å². The van der Waals surface area contributed by atoms with Gasteiger partial charge in [-0.1, -0.05) is 11.6 Å². The zero-order valence-electron chi connectivity index (χ0n) is 16.6. The minimum Gasteiger partial charge on any atom is -0.368 e. The number of pyridine rings is 1. The molecule has 1 aromatic carbocycles. The number of hydrogen-bond donors (Lipinski definition) is 4. The Morgan fingerprint density at radius 2 is 2.03 bits per heavy atom. The lowest BCUT2D eigenvalue weighted by Gasteiger charge is -2.30. The molecular weight excluding hydrogens is 404 g/mol. The van der Waals surface area contributed by atoms with Crippen LogP contribution < -0.4 is 26.2 Å². The SMILES string of the molecule is CCNC(=O)Nc1ccc2cnc(Nc3ccc(N4CCNCC4)c(Cl)c3)nc2n1. The molecule has 2 amide bonds. The maximum Gasteiger partial charge on any atom is 0.320 e. The van der Waals surface area contributed by atoms with Gasteiger partial charge in [0.25, 0.3) is 0 Å². The summed E-state index contributed by atoms with van der Waals surface area (Å²) in [6.07, 6.45) is 1.68. The Labute approximate surface area is 179 Å². The average molecular weight is 427 g/mol. The summed E-state index contributed by atoms with van der Waals surface area (Å²) >= 11 is 6.52. The fraction of sp³-hybridized carbons (Fsp3) is 0.300. The molecule has 2 aromatic heterocycles. The van der Waals surface area contributed by atoms with E-state index in [4.69, 9.17) is 11.6 Å². The number of nitrogens with zero attached hydrogens (tertiary/aromatic N) is 4. The van der Waals surface area contributed by atoms with Crippen molar-refractivity contribution in [2.75, 3.05) is 48.3 Å². The van der Waals surface area contributed by atoms with Crippen LogP contribution in [0.4, 0.5) is 27.9 Å². The summed E-state index contributed by atoms with van der Waals surface area (Å²) in [6.45, 7) is 6.14. The molecule has 10 heteroatoms. The molecule has 156 valence electrons. The zero-order chi connectivity index (χ0) is 20.9. The van der Waals surface area contributed by atoms with Crippen LogP contribution in [-0.4, -0.2) is 53.7 Å². The van der Waals surface area contributed by atoms with Gasteiger partial charge in [0, 0.05) is 50.0 Å². The standard InChI is InChI=1S/C20H23ClN8O/c1-2-23-20(30)27-17-6-3-13-12-24-19(28-18(13)26-17)25-14-4-5-16(15(21)11-14)29-9-7-22-8-10-29/h3-6,11-12,22H,2,7-10H2,1H3,(H3,23,24,25,26,27,28,30). The molecule has 0 saturated carbocycles. The van der Waals surface area contributed by atoms with Crippen LogP contribution in [0.5, 0.6) is 0 Å². The molecule has 0 spiro atoms. The van der Waals surface area contributed by atoms with E-state index in [9.17, 15) is 4.79 Å². The minimum absolute atomic E-state index is 0.309. The van der Waals surface area contributed by atoms with Crippen LogP contribution in [0.15, 0.2) is 36.5 Å². The number of carbonyl (C=O) groups is 1. The van der Waals surface area contributed by atoms with Gasteiger partial charge in [0.05, 0.1) is 10.7 Å². The number of benzene rings is 1. The van der Waals surface area contributed by atoms with Crippen molar-refractivity contribution in [3.63, 3.8) is 0 Å². The van der Waals surface area contributed by atoms with Gasteiger partial charge in [-0.3, -0.25) is 5.32 Å². The zero-order valence-corrected chi connectivity index (χ0v) is 17.3. The molecular formula is C20H23ClN8O. The first-order valence-corrected chi connectivity index (χ1v) is 10.2. The molecule has 0 unspecified atom stereocenters. The van der Waals surface area contributed by atoms with Gasteiger partial charge < -0.3 is 20.9 Å². The smallest absolute Gasteiger partial charge is 0.320 e. The Hall–Kier alpha value is -3.17. The van der Waals surface area contributed by atoms with Crippen LogP contribution in [0.3, 0.4) is 0 Å². The summed E-state index contributed by atoms with van der Waals surface area (Å²) in [5.41, 5.74) is 2.28. The first-order chi connectivity index (χ1) is 14.6. The highest BCUT2D eigenvalue weighted by Crippen LogP contribution is 2.30. The number of anilines is 4. The number of urea groups is 1. The van der Waals surface area contributed by atoms with Gasteiger partial charge in [-0.2, -0.15) is 4.98 Å². The molecule has 1 aliphatic rings. The highest BCUT2D eigenvalue weighted by molar-refractivity contribution is 6.33. The van der Waals surface area contributed by atoms with E-state index in [1.165, 1.54) is 0 Å². The maximum absolute atomic E-state index is 11.7. The summed E-state index contributed by atoms with van der Waals surface area (Å²) in [6, 6.07) is 9.04. The molecule has 30 heavy (non-hydrogen) atoms. The lowest BCUT2D eigenvalue weighted by molar-refractivity contribution is 0.252. The highest BCUT2D eigenvalue weighted by atomic mass is 35.5. The summed E-state index contributed by atoms with van der Waals surface area (Å²) in [7, 11) is 0. The van der Waals surface area contributed by atoms with Crippen molar-refractivity contribution in [1.82, 2.24) is 25.6 Å². The largest absolute Gasteiger partial charge is 0.368 e. The van der Waals surface area contributed by atoms with Gasteiger partial charge in [0.1, 0.15) is 5.82 Å². The Balaban J connectivity index is 1.51. The molecule has 0 radical (unpaired) electrons. The molecule has 1 aliphatic heterocycles. The molecule has 0 bridgehead atoms. The monoisotopic (exact) mass is 426 g/mol. The lowest BCUT2D eigenvalue weighted by Crippen LogP contribution is -2.43. The van der Waals surface area contributed by atoms with Crippen LogP contribution in [0.2, 0.25) is 5.02 Å². The molecule has 4 N–H and O–H groups in total. The van der Waals surface area contributed by atoms with Gasteiger partial charge in [0.15, 0.2) is 5.65 Å². The second-order valence-electron chi connectivity index (χ2n) is 6.82. The molecule has 0 aliphatic carbocycles. The maximum atomic E-state index is 11.7. The third-order valence-electron chi connectivity index (χ3n) is 4.68. The van der Waals surface area contributed by atoms with Crippen LogP contribution in [0, 0.1) is 0 Å². The highest BCUT2D eigenvalue weighted by Gasteiger charge is 2.14. The van der Waals surface area contributed by atoms with Gasteiger partial charge in [-0.25, -0.2) is 14.8 Å². The Kier molecular flexibility index (Phi) is 6.10. The molecule has 9 nitrogen and oxygen atoms in total. The lowest BCUT2D eigenvalue weighted by atomic mass is 10.2. The molecule has 1 saturated heterocycles. The van der Waals surface area contributed by atoms with Crippen molar-refractivity contribution in [2.45, 2.75) is 6.92 Å². The predicted molar refractivity (Wildman–Crippen MR) is 120 cm³/mol. The molecule has 3 aromatic rings. The number of rotatable bonds is 5. The van der Waals surface area contributed by atoms with Crippen LogP contribution >= 0.6 is 11.6 Å². The van der Waals surface area contributed by atoms with E-state index in [0.717, 1.165) is 42.9 Å². The van der Waals surface area contributed by atoms with E-state index in [-0.39, 0.29) is 6.03 Å². The summed E-state index contributed by atoms with van der Waals surface area (Å²) in [5.74, 6) is 0.817. The first-order valence-electron chi connectivity index (χ1n) is 9.83. The summed E-state index contributed by atoms with van der Waals surface area (Å²) in [5, 5.41) is 13.3. The minimum atomic E-state index is -0.309. The molecule has 3 heterocycles. The van der Waals surface area contributed by atoms with Gasteiger partial charge in [-0.15, -0.1) is 0 Å². The number of amides is 2. The van der Waals surface area contributed by atoms with Crippen LogP contribution in [0.25, 0.3) is 11.0 Å². The van der Waals surface area contributed by atoms with Crippen LogP contribution in [0.1, 0.15) is 6.92 Å². The van der Waals surface area contributed by atoms with Crippen molar-refractivity contribution in [2.24, 2.45) is 0 Å². The fourth-order valence-electron chi connectivity index (χ4n) is 3.24. The predicted octanol–water partition coefficient (Wildman–Crippen LogP) is 2.97. The van der Waals surface area contributed by atoms with E-state index in [1.807, 2.05) is 31.2 Å². The molecule has 0 atom stereocenters. The Morgan fingerprint density at radius 1 is 1.20 bits per heavy atom. The number of halogens is 1.